The van der Waals surface area contributed by atoms with Crippen molar-refractivity contribution in [2.24, 2.45) is 16.7 Å². The van der Waals surface area contributed by atoms with Crippen molar-refractivity contribution in [2.45, 2.75) is 84.2 Å². The highest BCUT2D eigenvalue weighted by atomic mass is 16.6. The van der Waals surface area contributed by atoms with Crippen molar-refractivity contribution in [1.29, 1.82) is 0 Å². The molecule has 7 atom stereocenters. The molecule has 228 valence electrons. The maximum Gasteiger partial charge on any atom is 0.340 e. The molecule has 3 aliphatic carbocycles. The van der Waals surface area contributed by atoms with Crippen molar-refractivity contribution in [3.8, 4) is 0 Å². The second-order valence-electron chi connectivity index (χ2n) is 12.8. The molecular formula is C31H46N2O8. The first-order valence-electron chi connectivity index (χ1n) is 14.6. The Balaban J connectivity index is 1.94. The van der Waals surface area contributed by atoms with Crippen molar-refractivity contribution >= 4 is 17.7 Å². The fraction of sp³-hybridized carbons (Fsp3) is 0.710. The molecular weight excluding hydrogens is 528 g/mol. The molecule has 4 aliphatic rings. The van der Waals surface area contributed by atoms with Gasteiger partial charge in [0, 0.05) is 55.9 Å². The fourth-order valence-electron chi connectivity index (χ4n) is 7.35. The molecule has 2 fully saturated rings. The number of aliphatic hydroxyl groups excluding tert-OH is 2. The first kappa shape index (κ1) is 31.3. The Morgan fingerprint density at radius 2 is 1.90 bits per heavy atom. The molecule has 10 nitrogen and oxygen atoms in total. The predicted molar refractivity (Wildman–Crippen MR) is 152 cm³/mol. The van der Waals surface area contributed by atoms with E-state index in [1.807, 2.05) is 46.8 Å². The van der Waals surface area contributed by atoms with Gasteiger partial charge < -0.3 is 34.2 Å². The molecule has 0 aromatic rings. The molecule has 0 bridgehead atoms. The van der Waals surface area contributed by atoms with Crippen LogP contribution in [-0.2, 0) is 28.6 Å². The van der Waals surface area contributed by atoms with Crippen molar-refractivity contribution in [3.05, 3.63) is 34.3 Å². The number of ketones is 1. The summed E-state index contributed by atoms with van der Waals surface area (Å²) in [5.41, 5.74) is -0.777. The van der Waals surface area contributed by atoms with Crippen LogP contribution < -0.4 is 0 Å². The second-order valence-corrected chi connectivity index (χ2v) is 12.8. The van der Waals surface area contributed by atoms with Gasteiger partial charge in [0.15, 0.2) is 5.76 Å². The summed E-state index contributed by atoms with van der Waals surface area (Å²) in [7, 11) is 7.25. The van der Waals surface area contributed by atoms with E-state index in [0.29, 0.717) is 43.4 Å². The smallest absolute Gasteiger partial charge is 0.340 e. The highest BCUT2D eigenvalue weighted by Crippen LogP contribution is 2.63. The zero-order valence-corrected chi connectivity index (χ0v) is 25.7. The lowest BCUT2D eigenvalue weighted by atomic mass is 9.53. The highest BCUT2D eigenvalue weighted by Gasteiger charge is 2.64. The third-order valence-corrected chi connectivity index (χ3v) is 9.86. The summed E-state index contributed by atoms with van der Waals surface area (Å²) in [5, 5.41) is 22.7. The Hall–Kier alpha value is -2.69. The van der Waals surface area contributed by atoms with E-state index in [-0.39, 0.29) is 36.1 Å². The Morgan fingerprint density at radius 1 is 1.22 bits per heavy atom. The third-order valence-electron chi connectivity index (χ3n) is 9.86. The van der Waals surface area contributed by atoms with Crippen LogP contribution >= 0.6 is 0 Å². The highest BCUT2D eigenvalue weighted by molar-refractivity contribution is 6.13. The van der Waals surface area contributed by atoms with Crippen molar-refractivity contribution in [2.75, 3.05) is 41.4 Å². The summed E-state index contributed by atoms with van der Waals surface area (Å²) < 4.78 is 17.6. The SMILES string of the molecule is CCCC(=O)OC1CC2(C)C(O)CCC2C2=C1C1(C)C(=C(O)C2=O)/C(=C/N(C)CC(C)N(C)C)C(=O)OC1COC. The number of hydrogen-bond acceptors (Lipinski definition) is 10. The van der Waals surface area contributed by atoms with Gasteiger partial charge in [0.2, 0.25) is 5.78 Å². The minimum Gasteiger partial charge on any atom is -0.504 e. The van der Waals surface area contributed by atoms with Gasteiger partial charge in [-0.3, -0.25) is 9.59 Å². The predicted octanol–water partition coefficient (Wildman–Crippen LogP) is 2.91. The number of Topliss-reactive ketones (excluding diaryl/α,β-unsaturated/α-hetero) is 1. The lowest BCUT2D eigenvalue weighted by molar-refractivity contribution is -0.161. The normalized spacial score (nSPS) is 34.8. The minimum atomic E-state index is -1.22. The zero-order chi connectivity index (χ0) is 30.4. The lowest BCUT2D eigenvalue weighted by Crippen LogP contribution is -2.57. The molecule has 1 heterocycles. The molecule has 0 aromatic heterocycles. The number of carbonyl (C=O) groups is 3. The first-order valence-corrected chi connectivity index (χ1v) is 14.6. The quantitative estimate of drug-likeness (QED) is 0.314. The molecule has 41 heavy (non-hydrogen) atoms. The van der Waals surface area contributed by atoms with Crippen LogP contribution in [-0.4, -0.2) is 103 Å². The van der Waals surface area contributed by atoms with Crippen LogP contribution in [0.4, 0.5) is 0 Å². The van der Waals surface area contributed by atoms with Crippen LogP contribution in [0.15, 0.2) is 34.3 Å². The third kappa shape index (κ3) is 5.12. The summed E-state index contributed by atoms with van der Waals surface area (Å²) >= 11 is 0. The molecule has 0 spiro atoms. The van der Waals surface area contributed by atoms with Gasteiger partial charge in [0.05, 0.1) is 23.7 Å². The maximum absolute atomic E-state index is 14.2. The number of esters is 2. The number of hydrogen-bond donors (Lipinski definition) is 2. The van der Waals surface area contributed by atoms with Gasteiger partial charge in [-0.1, -0.05) is 13.8 Å². The standard InChI is InChI=1S/C31H46N2O8/c1-9-10-23(35)40-20-13-30(3)19(11-12-21(30)34)24-26(20)31(4)22(16-39-8)41-29(38)18(25(31)28(37)27(24)36)15-33(7)14-17(2)32(5)6/h15,17,19-22,34,37H,9-14,16H2,1-8H3/b18-15-. The van der Waals surface area contributed by atoms with E-state index in [1.54, 1.807) is 6.20 Å². The molecule has 1 aliphatic heterocycles. The van der Waals surface area contributed by atoms with E-state index in [4.69, 9.17) is 14.2 Å². The summed E-state index contributed by atoms with van der Waals surface area (Å²) in [6.07, 6.45) is 1.36. The number of rotatable bonds is 9. The van der Waals surface area contributed by atoms with Crippen LogP contribution in [0.1, 0.15) is 59.8 Å². The number of aliphatic hydroxyl groups is 2. The number of nitrogens with zero attached hydrogens (tertiary/aromatic N) is 2. The van der Waals surface area contributed by atoms with Crippen LogP contribution in [0.3, 0.4) is 0 Å². The van der Waals surface area contributed by atoms with Gasteiger partial charge in [0.1, 0.15) is 12.2 Å². The van der Waals surface area contributed by atoms with E-state index in [9.17, 15) is 24.6 Å². The van der Waals surface area contributed by atoms with Crippen molar-refractivity contribution in [1.82, 2.24) is 9.80 Å². The Bertz CT molecular complexity index is 1190. The number of cyclic esters (lactones) is 1. The topological polar surface area (TPSA) is 126 Å². The van der Waals surface area contributed by atoms with Gasteiger partial charge in [-0.05, 0) is 65.1 Å². The first-order chi connectivity index (χ1) is 19.2. The molecule has 1 saturated heterocycles. The summed E-state index contributed by atoms with van der Waals surface area (Å²) in [6, 6.07) is 0.154. The number of methoxy groups -OCH3 is 1. The average Bonchev–Trinajstić information content (AvgIpc) is 3.18. The zero-order valence-electron chi connectivity index (χ0n) is 25.7. The summed E-state index contributed by atoms with van der Waals surface area (Å²) in [4.78, 5) is 44.5. The van der Waals surface area contributed by atoms with Crippen LogP contribution in [0.2, 0.25) is 0 Å². The number of allylic oxidation sites excluding steroid dienone is 1. The van der Waals surface area contributed by atoms with Gasteiger partial charge >= 0.3 is 11.9 Å². The minimum absolute atomic E-state index is 0.00492. The van der Waals surface area contributed by atoms with Crippen molar-refractivity contribution in [3.63, 3.8) is 0 Å². The Labute approximate surface area is 243 Å². The lowest BCUT2D eigenvalue weighted by Gasteiger charge is -2.54. The monoisotopic (exact) mass is 574 g/mol. The second kappa shape index (κ2) is 11.5. The molecule has 7 unspecified atom stereocenters. The molecule has 1 saturated carbocycles. The van der Waals surface area contributed by atoms with Crippen LogP contribution in [0.5, 0.6) is 0 Å². The molecule has 0 radical (unpaired) electrons. The van der Waals surface area contributed by atoms with E-state index >= 15 is 0 Å². The average molecular weight is 575 g/mol. The van der Waals surface area contributed by atoms with Gasteiger partial charge in [-0.15, -0.1) is 0 Å². The van der Waals surface area contributed by atoms with Crippen LogP contribution in [0, 0.1) is 16.7 Å². The largest absolute Gasteiger partial charge is 0.504 e. The van der Waals surface area contributed by atoms with Gasteiger partial charge in [-0.2, -0.15) is 0 Å². The molecule has 4 rings (SSSR count). The fourth-order valence-corrected chi connectivity index (χ4v) is 7.35. The van der Waals surface area contributed by atoms with Gasteiger partial charge in [0.25, 0.3) is 0 Å². The molecule has 10 heteroatoms. The number of carbonyl (C=O) groups excluding carboxylic acids is 3. The summed E-state index contributed by atoms with van der Waals surface area (Å²) in [5.74, 6) is -2.51. The number of ether oxygens (including phenoxy) is 3. The van der Waals surface area contributed by atoms with E-state index in [1.165, 1.54) is 7.11 Å². The maximum atomic E-state index is 14.2. The van der Waals surface area contributed by atoms with Crippen molar-refractivity contribution < 1.29 is 38.8 Å². The Morgan fingerprint density at radius 3 is 2.51 bits per heavy atom. The van der Waals surface area contributed by atoms with E-state index in [2.05, 4.69) is 11.8 Å². The molecule has 2 N–H and O–H groups in total. The molecule has 0 amide bonds. The number of likely N-dealkylation sites (N-methyl/N-ethyl adjacent to an activating group) is 2. The molecule has 0 aromatic carbocycles. The number of fused-ring (bicyclic) bond motifs is 4. The van der Waals surface area contributed by atoms with Gasteiger partial charge in [-0.25, -0.2) is 4.79 Å². The van der Waals surface area contributed by atoms with Crippen LogP contribution in [0.25, 0.3) is 0 Å². The summed E-state index contributed by atoms with van der Waals surface area (Å²) in [6.45, 7) is 8.27. The van der Waals surface area contributed by atoms with E-state index in [0.717, 1.165) is 0 Å². The Kier molecular flexibility index (Phi) is 8.79. The van der Waals surface area contributed by atoms with E-state index < -0.39 is 52.6 Å².